The largest absolute Gasteiger partial charge is 0.870 e. The van der Waals surface area contributed by atoms with Crippen molar-refractivity contribution in [1.29, 1.82) is 0 Å². The third-order valence-corrected chi connectivity index (χ3v) is 1.57. The normalized spacial score (nSPS) is 8.54. The Morgan fingerprint density at radius 2 is 1.92 bits per heavy atom. The maximum atomic E-state index is 8.57. The van der Waals surface area contributed by atoms with Gasteiger partial charge in [-0.25, -0.2) is 0 Å². The molecule has 1 rings (SSSR count). The molecule has 0 saturated carbocycles. The number of hydrogen-bond donors (Lipinski definition) is 1. The Bertz CT molecular complexity index is 228. The van der Waals surface area contributed by atoms with E-state index in [-0.39, 0.29) is 17.6 Å². The molecule has 3 nitrogen and oxygen atoms in total. The average Bonchev–Trinajstić information content (AvgIpc) is 2.01. The number of aliphatic hydroxyl groups excluding tert-OH is 1. The third kappa shape index (κ3) is 5.41. The fourth-order valence-electron chi connectivity index (χ4n) is 1.03. The van der Waals surface area contributed by atoms with E-state index < -0.39 is 0 Å². The molecule has 0 spiro atoms. The number of aliphatic hydroxyl groups is 1. The summed E-state index contributed by atoms with van der Waals surface area (Å²) >= 11 is 0. The summed E-state index contributed by atoms with van der Waals surface area (Å²) in [6, 6.07) is 7.76. The van der Waals surface area contributed by atoms with Crippen LogP contribution in [-0.4, -0.2) is 30.5 Å². The monoisotopic (exact) mass is 180 g/mol. The van der Waals surface area contributed by atoms with Gasteiger partial charge < -0.3 is 11.0 Å². The minimum absolute atomic E-state index is 0. The molecule has 1 aromatic carbocycles. The van der Waals surface area contributed by atoms with E-state index in [9.17, 15) is 0 Å². The van der Waals surface area contributed by atoms with E-state index in [0.29, 0.717) is 0 Å². The maximum absolute atomic E-state index is 8.57. The first-order valence-electron chi connectivity index (χ1n) is 3.78. The molecule has 0 aromatic heterocycles. The molecule has 0 aliphatic heterocycles. The number of rotatable bonds is 3. The first-order valence-corrected chi connectivity index (χ1v) is 3.78. The summed E-state index contributed by atoms with van der Waals surface area (Å²) in [6.07, 6.45) is 1.71. The molecule has 4 heteroatoms. The van der Waals surface area contributed by atoms with Crippen LogP contribution < -0.4 is 5.46 Å². The summed E-state index contributed by atoms with van der Waals surface area (Å²) < 4.78 is 0. The molecule has 3 N–H and O–H groups in total. The Morgan fingerprint density at radius 3 is 2.46 bits per heavy atom. The molecule has 1 aromatic rings. The Labute approximate surface area is 79.4 Å². The molecule has 0 amide bonds. The van der Waals surface area contributed by atoms with Crippen LogP contribution in [0.2, 0.25) is 0 Å². The summed E-state index contributed by atoms with van der Waals surface area (Å²) in [6.45, 7) is 0.245. The zero-order valence-electron chi connectivity index (χ0n) is 7.35. The van der Waals surface area contributed by atoms with Crippen molar-refractivity contribution in [3.8, 4) is 0 Å². The fourth-order valence-corrected chi connectivity index (χ4v) is 1.03. The van der Waals surface area contributed by atoms with E-state index >= 15 is 0 Å². The van der Waals surface area contributed by atoms with Gasteiger partial charge in [0, 0.05) is 0 Å². The van der Waals surface area contributed by atoms with Gasteiger partial charge in [0.05, 0.1) is 0 Å². The minimum Gasteiger partial charge on any atom is -0.870 e. The first kappa shape index (κ1) is 14.7. The quantitative estimate of drug-likeness (QED) is 0.667. The van der Waals surface area contributed by atoms with Gasteiger partial charge in [0.2, 0.25) is 0 Å². The second kappa shape index (κ2) is 7.80. The predicted octanol–water partition coefficient (Wildman–Crippen LogP) is 0.0517. The molecule has 0 unspecified atom stereocenters. The summed E-state index contributed by atoms with van der Waals surface area (Å²) in [4.78, 5) is 0. The van der Waals surface area contributed by atoms with E-state index in [1.165, 1.54) is 5.56 Å². The van der Waals surface area contributed by atoms with Crippen molar-refractivity contribution >= 4 is 13.3 Å². The van der Waals surface area contributed by atoms with Crippen molar-refractivity contribution in [2.24, 2.45) is 0 Å². The number of aryl methyl sites for hydroxylation is 1. The van der Waals surface area contributed by atoms with Crippen LogP contribution >= 0.6 is 0 Å². The first-order chi connectivity index (χ1) is 5.33. The van der Waals surface area contributed by atoms with Crippen molar-refractivity contribution < 1.29 is 16.1 Å². The topological polar surface area (TPSA) is 80.2 Å². The van der Waals surface area contributed by atoms with Crippen LogP contribution in [0.15, 0.2) is 24.3 Å². The van der Waals surface area contributed by atoms with Gasteiger partial charge in [-0.3, -0.25) is 0 Å². The van der Waals surface area contributed by atoms with Crippen LogP contribution in [0.3, 0.4) is 0 Å². The zero-order valence-corrected chi connectivity index (χ0v) is 7.35. The van der Waals surface area contributed by atoms with Crippen molar-refractivity contribution in [2.75, 3.05) is 6.61 Å². The van der Waals surface area contributed by atoms with Crippen molar-refractivity contribution in [1.82, 2.24) is 0 Å². The second-order valence-electron chi connectivity index (χ2n) is 2.57. The van der Waals surface area contributed by atoms with Crippen molar-refractivity contribution in [3.05, 3.63) is 29.8 Å². The Morgan fingerprint density at radius 1 is 1.23 bits per heavy atom. The number of benzene rings is 1. The van der Waals surface area contributed by atoms with E-state index in [1.807, 2.05) is 24.3 Å². The van der Waals surface area contributed by atoms with E-state index in [2.05, 4.69) is 0 Å². The van der Waals surface area contributed by atoms with Gasteiger partial charge in [0.15, 0.2) is 0 Å². The zero-order chi connectivity index (χ0) is 8.10. The van der Waals surface area contributed by atoms with Crippen molar-refractivity contribution in [3.63, 3.8) is 0 Å². The number of hydrogen-bond acceptors (Lipinski definition) is 3. The van der Waals surface area contributed by atoms with Crippen LogP contribution in [0.1, 0.15) is 12.0 Å². The summed E-state index contributed by atoms with van der Waals surface area (Å²) in [5, 5.41) is 8.57. The summed E-state index contributed by atoms with van der Waals surface area (Å²) in [5.41, 5.74) is 1.99. The molecule has 0 aliphatic carbocycles. The van der Waals surface area contributed by atoms with Crippen LogP contribution in [0.5, 0.6) is 0 Å². The summed E-state index contributed by atoms with van der Waals surface area (Å²) in [5.74, 6) is 0. The van der Waals surface area contributed by atoms with E-state index in [1.54, 1.807) is 0 Å². The molecule has 0 fully saturated rings. The van der Waals surface area contributed by atoms with Gasteiger partial charge in [-0.05, 0) is 0 Å². The van der Waals surface area contributed by atoms with Gasteiger partial charge >= 0.3 is 67.7 Å². The molecule has 13 heavy (non-hydrogen) atoms. The minimum atomic E-state index is 0. The molecule has 0 atom stereocenters. The molecule has 0 radical (unpaired) electrons. The Kier molecular flexibility index (Phi) is 8.80. The van der Waals surface area contributed by atoms with E-state index in [0.717, 1.165) is 18.3 Å². The smallest absolute Gasteiger partial charge is 0.870 e. The average molecular weight is 180 g/mol. The maximum Gasteiger partial charge on any atom is -0.870 e. The van der Waals surface area contributed by atoms with E-state index in [4.69, 9.17) is 13.0 Å². The molecular formula is C9H13BO3. The fraction of sp³-hybridized carbons (Fsp3) is 0.333. The molecular weight excluding hydrogens is 167 g/mol. The Balaban J connectivity index is 0. The van der Waals surface area contributed by atoms with Gasteiger partial charge in [-0.1, -0.05) is 0 Å². The molecule has 0 saturated heterocycles. The van der Waals surface area contributed by atoms with Gasteiger partial charge in [-0.2, -0.15) is 0 Å². The molecule has 0 heterocycles. The SMILES string of the molecule is [B+2]c1cccc(CCCO)c1.[OH-].[OH-]. The molecule has 70 valence electrons. The summed E-state index contributed by atoms with van der Waals surface area (Å²) in [7, 11) is 5.57. The molecule has 0 aliphatic rings. The van der Waals surface area contributed by atoms with Crippen LogP contribution in [0, 0.1) is 0 Å². The Hall–Kier alpha value is -0.835. The third-order valence-electron chi connectivity index (χ3n) is 1.57. The van der Waals surface area contributed by atoms with Gasteiger partial charge in [0.1, 0.15) is 0 Å². The van der Waals surface area contributed by atoms with Crippen molar-refractivity contribution in [2.45, 2.75) is 12.8 Å². The van der Waals surface area contributed by atoms with Crippen LogP contribution in [0.25, 0.3) is 0 Å². The van der Waals surface area contributed by atoms with Gasteiger partial charge in [0.25, 0.3) is 0 Å². The molecule has 0 bridgehead atoms. The van der Waals surface area contributed by atoms with Crippen LogP contribution in [0.4, 0.5) is 0 Å². The second-order valence-corrected chi connectivity index (χ2v) is 2.57. The van der Waals surface area contributed by atoms with Gasteiger partial charge in [-0.15, -0.1) is 0 Å². The predicted molar refractivity (Wildman–Crippen MR) is 51.1 cm³/mol. The standard InChI is InChI=1S/C9H11BO.2H2O/c10-9-5-1-3-8(7-9)4-2-6-11;;/h1,3,5,7,11H,2,4,6H2;2*1H2/q+2;;/p-2. The van der Waals surface area contributed by atoms with Crippen LogP contribution in [-0.2, 0) is 6.42 Å².